The first-order valence-corrected chi connectivity index (χ1v) is 19.8. The summed E-state index contributed by atoms with van der Waals surface area (Å²) in [6.45, 7) is 0. The Kier molecular flexibility index (Phi) is 7.08. The molecule has 0 atom stereocenters. The maximum absolute atomic E-state index is 12.4. The second kappa shape index (κ2) is 12.6. The van der Waals surface area contributed by atoms with E-state index >= 15 is 0 Å². The summed E-state index contributed by atoms with van der Waals surface area (Å²) in [5, 5.41) is 24.8. The molecule has 0 fully saturated rings. The van der Waals surface area contributed by atoms with E-state index in [9.17, 15) is 5.11 Å². The van der Waals surface area contributed by atoms with Gasteiger partial charge in [0, 0.05) is 27.1 Å². The third-order valence-electron chi connectivity index (χ3n) is 12.0. The lowest BCUT2D eigenvalue weighted by Gasteiger charge is -2.19. The summed E-state index contributed by atoms with van der Waals surface area (Å²) in [7, 11) is 0. The van der Waals surface area contributed by atoms with E-state index in [1.807, 2.05) is 42.5 Å². The Morgan fingerprint density at radius 3 is 1.59 bits per heavy atom. The van der Waals surface area contributed by atoms with Crippen LogP contribution in [-0.4, -0.2) is 14.5 Å². The van der Waals surface area contributed by atoms with E-state index in [0.717, 1.165) is 55.1 Å². The van der Waals surface area contributed by atoms with Gasteiger partial charge in [-0.15, -0.1) is 0 Å². The number of aliphatic hydroxyl groups is 1. The van der Waals surface area contributed by atoms with Crippen molar-refractivity contribution < 1.29 is 5.11 Å². The standard InChI is InChI=1S/C55H34N2O/c58-54(36-15-3-1-4-16-36)52-45-24-13-25-48-53(45)57(55(56-48)37-17-5-2-6-18-37)49-31-30-39(33-47(49)52)51-43-22-11-9-20-41(43)50(42-21-10-12-23-44(42)51)38-29-28-35-27-26-34-14-7-8-19-40(34)46(35)32-38/h1-33,58H/b54-52-. The summed E-state index contributed by atoms with van der Waals surface area (Å²) in [6, 6.07) is 70.9. The van der Waals surface area contributed by atoms with Crippen LogP contribution in [0.5, 0.6) is 0 Å². The molecule has 12 rings (SSSR count). The highest BCUT2D eigenvalue weighted by Gasteiger charge is 2.22. The van der Waals surface area contributed by atoms with Gasteiger partial charge in [0.1, 0.15) is 11.6 Å². The Morgan fingerprint density at radius 2 is 0.914 bits per heavy atom. The molecule has 0 saturated heterocycles. The van der Waals surface area contributed by atoms with Crippen molar-refractivity contribution in [2.75, 3.05) is 0 Å². The summed E-state index contributed by atoms with van der Waals surface area (Å²) in [4.78, 5) is 5.22. The van der Waals surface area contributed by atoms with E-state index in [-0.39, 0.29) is 5.76 Å². The molecule has 3 heteroatoms. The fraction of sp³-hybridized carbons (Fsp3) is 0. The average Bonchev–Trinajstić information content (AvgIpc) is 3.69. The number of imidazole rings is 1. The highest BCUT2D eigenvalue weighted by Crippen LogP contribution is 2.45. The van der Waals surface area contributed by atoms with Crippen LogP contribution in [0.25, 0.3) is 110 Å². The second-order valence-electron chi connectivity index (χ2n) is 15.2. The van der Waals surface area contributed by atoms with E-state index in [1.165, 1.54) is 59.8 Å². The smallest absolute Gasteiger partial charge is 0.145 e. The highest BCUT2D eigenvalue weighted by molar-refractivity contribution is 6.23. The van der Waals surface area contributed by atoms with Gasteiger partial charge in [-0.25, -0.2) is 4.98 Å². The first kappa shape index (κ1) is 32.5. The summed E-state index contributed by atoms with van der Waals surface area (Å²) < 4.78 is 2.28. The molecule has 1 N–H and O–H groups in total. The molecular formula is C55H34N2O. The van der Waals surface area contributed by atoms with Crippen LogP contribution in [0.3, 0.4) is 0 Å². The minimum atomic E-state index is 0.245. The Hall–Kier alpha value is -7.75. The Morgan fingerprint density at radius 1 is 0.397 bits per heavy atom. The molecule has 0 aliphatic rings. The van der Waals surface area contributed by atoms with E-state index in [1.54, 1.807) is 0 Å². The largest absolute Gasteiger partial charge is 0.507 e. The van der Waals surface area contributed by atoms with Crippen molar-refractivity contribution in [2.24, 2.45) is 0 Å². The number of rotatable bonds is 4. The molecule has 0 aliphatic heterocycles. The first-order chi connectivity index (χ1) is 28.7. The lowest BCUT2D eigenvalue weighted by Crippen LogP contribution is -2.13. The topological polar surface area (TPSA) is 37.5 Å². The Balaban J connectivity index is 1.20. The second-order valence-corrected chi connectivity index (χ2v) is 15.2. The van der Waals surface area contributed by atoms with Crippen molar-refractivity contribution in [1.29, 1.82) is 0 Å². The molecule has 3 nitrogen and oxygen atoms in total. The number of hydrogen-bond donors (Lipinski definition) is 1. The van der Waals surface area contributed by atoms with Gasteiger partial charge >= 0.3 is 0 Å². The monoisotopic (exact) mass is 738 g/mol. The van der Waals surface area contributed by atoms with Crippen molar-refractivity contribution in [2.45, 2.75) is 0 Å². The molecule has 0 aliphatic carbocycles. The van der Waals surface area contributed by atoms with Crippen LogP contribution in [0.1, 0.15) is 5.56 Å². The number of para-hydroxylation sites is 1. The molecule has 270 valence electrons. The number of pyridine rings is 1. The van der Waals surface area contributed by atoms with Gasteiger partial charge in [-0.2, -0.15) is 0 Å². The summed E-state index contributed by atoms with van der Waals surface area (Å²) in [5.74, 6) is 1.12. The molecule has 12 aromatic rings. The molecule has 58 heavy (non-hydrogen) atoms. The maximum atomic E-state index is 12.4. The number of nitrogens with zero attached hydrogens (tertiary/aromatic N) is 2. The van der Waals surface area contributed by atoms with Crippen LogP contribution in [0.4, 0.5) is 0 Å². The van der Waals surface area contributed by atoms with E-state index < -0.39 is 0 Å². The summed E-state index contributed by atoms with van der Waals surface area (Å²) in [6.07, 6.45) is 0. The van der Waals surface area contributed by atoms with Crippen LogP contribution in [0.15, 0.2) is 200 Å². The van der Waals surface area contributed by atoms with Gasteiger partial charge in [0.05, 0.1) is 16.6 Å². The predicted molar refractivity (Wildman–Crippen MR) is 243 cm³/mol. The number of fused-ring (bicyclic) bond motifs is 7. The van der Waals surface area contributed by atoms with Gasteiger partial charge in [-0.3, -0.25) is 4.40 Å². The molecule has 0 amide bonds. The van der Waals surface area contributed by atoms with Crippen molar-refractivity contribution in [1.82, 2.24) is 9.38 Å². The van der Waals surface area contributed by atoms with Gasteiger partial charge in [-0.05, 0) is 89.6 Å². The lowest BCUT2D eigenvalue weighted by atomic mass is 9.85. The van der Waals surface area contributed by atoms with Crippen molar-refractivity contribution in [3.05, 3.63) is 211 Å². The third kappa shape index (κ3) is 4.77. The lowest BCUT2D eigenvalue weighted by molar-refractivity contribution is 0.509. The number of aromatic nitrogens is 2. The van der Waals surface area contributed by atoms with Gasteiger partial charge in [0.25, 0.3) is 0 Å². The molecule has 2 aromatic heterocycles. The van der Waals surface area contributed by atoms with Gasteiger partial charge < -0.3 is 5.11 Å². The molecule has 0 saturated carbocycles. The first-order valence-electron chi connectivity index (χ1n) is 19.8. The minimum Gasteiger partial charge on any atom is -0.507 e. The van der Waals surface area contributed by atoms with Crippen molar-refractivity contribution in [3.8, 4) is 33.6 Å². The molecule has 0 spiro atoms. The molecule has 10 aromatic carbocycles. The molecule has 2 heterocycles. The molecule has 0 unspecified atom stereocenters. The number of benzene rings is 10. The zero-order valence-electron chi connectivity index (χ0n) is 31.4. The zero-order valence-corrected chi connectivity index (χ0v) is 31.4. The molecule has 0 bridgehead atoms. The fourth-order valence-electron chi connectivity index (χ4n) is 9.48. The van der Waals surface area contributed by atoms with Crippen LogP contribution in [0.2, 0.25) is 0 Å². The van der Waals surface area contributed by atoms with Crippen LogP contribution in [-0.2, 0) is 0 Å². The fourth-order valence-corrected chi connectivity index (χ4v) is 9.48. The van der Waals surface area contributed by atoms with Gasteiger partial charge in [0.2, 0.25) is 0 Å². The van der Waals surface area contributed by atoms with Crippen LogP contribution in [0, 0.1) is 0 Å². The molecular weight excluding hydrogens is 705 g/mol. The van der Waals surface area contributed by atoms with E-state index in [0.29, 0.717) is 0 Å². The minimum absolute atomic E-state index is 0.245. The van der Waals surface area contributed by atoms with Crippen molar-refractivity contribution >= 4 is 76.2 Å². The van der Waals surface area contributed by atoms with Gasteiger partial charge in [-0.1, -0.05) is 176 Å². The van der Waals surface area contributed by atoms with Crippen LogP contribution < -0.4 is 5.22 Å². The third-order valence-corrected chi connectivity index (χ3v) is 12.0. The number of aliphatic hydroxyl groups excluding tert-OH is 1. The van der Waals surface area contributed by atoms with Crippen molar-refractivity contribution in [3.63, 3.8) is 0 Å². The van der Waals surface area contributed by atoms with E-state index in [4.69, 9.17) is 4.98 Å². The normalized spacial score (nSPS) is 12.5. The van der Waals surface area contributed by atoms with Crippen LogP contribution >= 0.6 is 0 Å². The SMILES string of the molecule is O/C(c1ccccc1)=c1\c2cc(-c3c4ccccc4c(-c4ccc5ccc6ccccc6c5c4)c4ccccc34)ccc2n2c(-c3ccccc3)nc3cccc1c32. The summed E-state index contributed by atoms with van der Waals surface area (Å²) in [5.41, 5.74) is 9.33. The Labute approximate surface area is 334 Å². The maximum Gasteiger partial charge on any atom is 0.145 e. The van der Waals surface area contributed by atoms with E-state index in [2.05, 4.69) is 162 Å². The zero-order chi connectivity index (χ0) is 38.3. The highest BCUT2D eigenvalue weighted by atomic mass is 16.3. The van der Waals surface area contributed by atoms with Gasteiger partial charge in [0.15, 0.2) is 0 Å². The number of hydrogen-bond acceptors (Lipinski definition) is 2. The summed E-state index contributed by atoms with van der Waals surface area (Å²) >= 11 is 0. The predicted octanol–water partition coefficient (Wildman–Crippen LogP) is 13.7. The quantitative estimate of drug-likeness (QED) is 0.144. The Bertz CT molecular complexity index is 3620. The average molecular weight is 739 g/mol. The molecule has 0 radical (unpaired) electrons.